The third-order valence-electron chi connectivity index (χ3n) is 3.84. The van der Waals surface area contributed by atoms with Crippen LogP contribution in [0.1, 0.15) is 19.8 Å². The van der Waals surface area contributed by atoms with Gasteiger partial charge in [-0.1, -0.05) is 11.8 Å². The fraction of sp³-hybridized carbons (Fsp3) is 0.533. The van der Waals surface area contributed by atoms with Gasteiger partial charge in [0.1, 0.15) is 0 Å². The van der Waals surface area contributed by atoms with Crippen LogP contribution in [0.2, 0.25) is 0 Å². The second-order valence-corrected chi connectivity index (χ2v) is 6.46. The smallest absolute Gasteiger partial charge is 0.321 e. The number of nitrogens with zero attached hydrogens (tertiary/aromatic N) is 1. The largest absolute Gasteiger partial charge is 0.393 e. The maximum atomic E-state index is 12.2. The average molecular weight is 330 g/mol. The normalized spacial score (nSPS) is 17.6. The molecule has 7 heteroatoms. The van der Waals surface area contributed by atoms with E-state index in [0.717, 1.165) is 12.8 Å². The third kappa shape index (κ3) is 4.84. The predicted molar refractivity (Wildman–Crippen MR) is 83.3 cm³/mol. The summed E-state index contributed by atoms with van der Waals surface area (Å²) < 4.78 is 24.5. The van der Waals surface area contributed by atoms with E-state index in [1.165, 1.54) is 0 Å². The Hall–Kier alpha value is -1.34. The van der Waals surface area contributed by atoms with Gasteiger partial charge in [-0.2, -0.15) is 8.78 Å². The molecule has 0 spiro atoms. The van der Waals surface area contributed by atoms with Gasteiger partial charge in [0.25, 0.3) is 5.76 Å². The van der Waals surface area contributed by atoms with Crippen LogP contribution in [-0.2, 0) is 0 Å². The van der Waals surface area contributed by atoms with Gasteiger partial charge < -0.3 is 15.3 Å². The molecule has 2 rings (SSSR count). The van der Waals surface area contributed by atoms with Crippen LogP contribution in [0.4, 0.5) is 19.3 Å². The van der Waals surface area contributed by atoms with E-state index in [9.17, 15) is 18.7 Å². The third-order valence-corrected chi connectivity index (χ3v) is 4.56. The van der Waals surface area contributed by atoms with Gasteiger partial charge in [0.2, 0.25) is 0 Å². The van der Waals surface area contributed by atoms with E-state index in [1.54, 1.807) is 36.1 Å². The molecule has 0 aliphatic carbocycles. The zero-order valence-corrected chi connectivity index (χ0v) is 13.2. The molecule has 1 heterocycles. The molecule has 0 bridgehead atoms. The highest BCUT2D eigenvalue weighted by atomic mass is 32.2. The van der Waals surface area contributed by atoms with Crippen LogP contribution in [-0.4, -0.2) is 41.0 Å². The monoisotopic (exact) mass is 330 g/mol. The van der Waals surface area contributed by atoms with Crippen LogP contribution in [0.15, 0.2) is 29.2 Å². The number of alkyl halides is 2. The number of thioether (sulfide) groups is 1. The molecule has 4 nitrogen and oxygen atoms in total. The molecular formula is C15H20F2N2O2S. The molecule has 22 heavy (non-hydrogen) atoms. The van der Waals surface area contributed by atoms with Crippen LogP contribution in [0.3, 0.4) is 0 Å². The molecule has 0 radical (unpaired) electrons. The van der Waals surface area contributed by atoms with Gasteiger partial charge in [0.05, 0.1) is 6.10 Å². The standard InChI is InChI=1S/C15H20F2N2O2S/c1-10(20)11-6-8-19(9-7-11)15(21)18-12-2-4-13(5-3-12)22-14(16)17/h2-5,10-11,14,20H,6-9H2,1H3,(H,18,21). The van der Waals surface area contributed by atoms with Gasteiger partial charge in [-0.25, -0.2) is 4.79 Å². The summed E-state index contributed by atoms with van der Waals surface area (Å²) >= 11 is 0.477. The molecule has 1 unspecified atom stereocenters. The molecule has 1 fully saturated rings. The number of piperidine rings is 1. The van der Waals surface area contributed by atoms with Crippen molar-refractivity contribution in [2.24, 2.45) is 5.92 Å². The molecular weight excluding hydrogens is 310 g/mol. The van der Waals surface area contributed by atoms with E-state index in [0.29, 0.717) is 35.4 Å². The lowest BCUT2D eigenvalue weighted by molar-refractivity contribution is 0.0820. The van der Waals surface area contributed by atoms with Crippen LogP contribution in [0, 0.1) is 5.92 Å². The van der Waals surface area contributed by atoms with Crippen LogP contribution < -0.4 is 5.32 Å². The Kier molecular flexibility index (Phi) is 6.02. The molecule has 122 valence electrons. The fourth-order valence-corrected chi connectivity index (χ4v) is 3.01. The number of carbonyl (C=O) groups excluding carboxylic acids is 1. The Labute approximate surface area is 132 Å². The van der Waals surface area contributed by atoms with E-state index >= 15 is 0 Å². The Bertz CT molecular complexity index is 489. The minimum Gasteiger partial charge on any atom is -0.393 e. The zero-order chi connectivity index (χ0) is 16.1. The minimum atomic E-state index is -2.45. The number of halogens is 2. The number of carbonyl (C=O) groups is 1. The first-order valence-electron chi connectivity index (χ1n) is 7.24. The Balaban J connectivity index is 1.84. The summed E-state index contributed by atoms with van der Waals surface area (Å²) in [5.41, 5.74) is 0.585. The van der Waals surface area contributed by atoms with Crippen molar-refractivity contribution in [3.8, 4) is 0 Å². The van der Waals surface area contributed by atoms with Gasteiger partial charge in [-0.3, -0.25) is 0 Å². The maximum absolute atomic E-state index is 12.2. The van der Waals surface area contributed by atoms with Crippen molar-refractivity contribution < 1.29 is 18.7 Å². The summed E-state index contributed by atoms with van der Waals surface area (Å²) in [4.78, 5) is 14.3. The SMILES string of the molecule is CC(O)C1CCN(C(=O)Nc2ccc(SC(F)F)cc2)CC1. The van der Waals surface area contributed by atoms with Crippen LogP contribution in [0.5, 0.6) is 0 Å². The first-order chi connectivity index (χ1) is 10.5. The maximum Gasteiger partial charge on any atom is 0.321 e. The first-order valence-corrected chi connectivity index (χ1v) is 8.12. The van der Waals surface area contributed by atoms with Gasteiger partial charge in [-0.05, 0) is 49.9 Å². The first kappa shape index (κ1) is 17.0. The number of hydrogen-bond acceptors (Lipinski definition) is 3. The van der Waals surface area contributed by atoms with Crippen molar-refractivity contribution in [2.75, 3.05) is 18.4 Å². The predicted octanol–water partition coefficient (Wildman–Crippen LogP) is 3.63. The topological polar surface area (TPSA) is 52.6 Å². The van der Waals surface area contributed by atoms with Gasteiger partial charge in [0, 0.05) is 23.7 Å². The van der Waals surface area contributed by atoms with Crippen molar-refractivity contribution in [3.63, 3.8) is 0 Å². The van der Waals surface area contributed by atoms with E-state index in [1.807, 2.05) is 0 Å². The van der Waals surface area contributed by atoms with Crippen molar-refractivity contribution in [1.82, 2.24) is 4.90 Å². The van der Waals surface area contributed by atoms with E-state index in [2.05, 4.69) is 5.32 Å². The van der Waals surface area contributed by atoms with Gasteiger partial charge >= 0.3 is 6.03 Å². The quantitative estimate of drug-likeness (QED) is 0.829. The highest BCUT2D eigenvalue weighted by molar-refractivity contribution is 7.99. The number of benzene rings is 1. The molecule has 0 aromatic heterocycles. The second-order valence-electron chi connectivity index (χ2n) is 5.40. The minimum absolute atomic E-state index is 0.196. The summed E-state index contributed by atoms with van der Waals surface area (Å²) in [6.45, 7) is 3.00. The number of aliphatic hydroxyl groups is 1. The number of urea groups is 1. The Morgan fingerprint density at radius 3 is 2.41 bits per heavy atom. The second kappa shape index (κ2) is 7.78. The van der Waals surface area contributed by atoms with E-state index < -0.39 is 5.76 Å². The molecule has 0 saturated carbocycles. The lowest BCUT2D eigenvalue weighted by atomic mass is 9.92. The number of likely N-dealkylation sites (tertiary alicyclic amines) is 1. The highest BCUT2D eigenvalue weighted by Gasteiger charge is 2.25. The van der Waals surface area contributed by atoms with E-state index in [4.69, 9.17) is 0 Å². The molecule has 1 aromatic rings. The lowest BCUT2D eigenvalue weighted by Gasteiger charge is -2.33. The molecule has 2 amide bonds. The molecule has 1 aliphatic rings. The number of amides is 2. The van der Waals surface area contributed by atoms with Crippen molar-refractivity contribution in [3.05, 3.63) is 24.3 Å². The molecule has 2 N–H and O–H groups in total. The number of nitrogens with one attached hydrogen (secondary N) is 1. The van der Waals surface area contributed by atoms with Crippen molar-refractivity contribution in [1.29, 1.82) is 0 Å². The summed E-state index contributed by atoms with van der Waals surface area (Å²) in [5.74, 6) is -2.20. The highest BCUT2D eigenvalue weighted by Crippen LogP contribution is 2.26. The number of rotatable bonds is 4. The van der Waals surface area contributed by atoms with Crippen LogP contribution >= 0.6 is 11.8 Å². The lowest BCUT2D eigenvalue weighted by Crippen LogP contribution is -2.42. The fourth-order valence-electron chi connectivity index (χ4n) is 2.51. The zero-order valence-electron chi connectivity index (χ0n) is 12.3. The number of hydrogen-bond donors (Lipinski definition) is 2. The summed E-state index contributed by atoms with van der Waals surface area (Å²) in [6.07, 6.45) is 1.23. The molecule has 1 aliphatic heterocycles. The summed E-state index contributed by atoms with van der Waals surface area (Å²) in [6, 6.07) is 6.16. The average Bonchev–Trinajstić information content (AvgIpc) is 2.49. The molecule has 1 saturated heterocycles. The van der Waals surface area contributed by atoms with Gasteiger partial charge in [0.15, 0.2) is 0 Å². The van der Waals surface area contributed by atoms with Gasteiger partial charge in [-0.15, -0.1) is 0 Å². The number of aliphatic hydroxyl groups excluding tert-OH is 1. The molecule has 1 aromatic carbocycles. The molecule has 1 atom stereocenters. The number of anilines is 1. The summed E-state index contributed by atoms with van der Waals surface area (Å²) in [7, 11) is 0. The van der Waals surface area contributed by atoms with E-state index in [-0.39, 0.29) is 18.1 Å². The Morgan fingerprint density at radius 1 is 1.32 bits per heavy atom. The van der Waals surface area contributed by atoms with Crippen LogP contribution in [0.25, 0.3) is 0 Å². The van der Waals surface area contributed by atoms with Crippen molar-refractivity contribution in [2.45, 2.75) is 36.5 Å². The summed E-state index contributed by atoms with van der Waals surface area (Å²) in [5, 5.41) is 12.3. The Morgan fingerprint density at radius 2 is 1.91 bits per heavy atom. The van der Waals surface area contributed by atoms with Crippen molar-refractivity contribution >= 4 is 23.5 Å².